The van der Waals surface area contributed by atoms with Crippen LogP contribution in [0.2, 0.25) is 0 Å². The minimum atomic E-state index is -0.307. The summed E-state index contributed by atoms with van der Waals surface area (Å²) in [6.07, 6.45) is 5.16. The molecule has 0 aliphatic carbocycles. The van der Waals surface area contributed by atoms with E-state index in [1.165, 1.54) is 20.0 Å². The number of carbonyl (C=O) groups is 1. The zero-order chi connectivity index (χ0) is 13.1. The molecule has 2 rings (SSSR count). The summed E-state index contributed by atoms with van der Waals surface area (Å²) in [5, 5.41) is 0. The van der Waals surface area contributed by atoms with E-state index < -0.39 is 0 Å². The summed E-state index contributed by atoms with van der Waals surface area (Å²) in [6.45, 7) is 4.40. The highest BCUT2D eigenvalue weighted by molar-refractivity contribution is 5.90. The van der Waals surface area contributed by atoms with E-state index in [4.69, 9.17) is 4.74 Å². The topological polar surface area (TPSA) is 42.4 Å². The van der Waals surface area contributed by atoms with Crippen LogP contribution in [-0.4, -0.2) is 30.1 Å². The van der Waals surface area contributed by atoms with Crippen molar-refractivity contribution in [1.29, 1.82) is 0 Å². The fourth-order valence-electron chi connectivity index (χ4n) is 2.69. The summed E-state index contributed by atoms with van der Waals surface area (Å²) in [5.41, 5.74) is 0.566. The molecule has 2 heterocycles. The van der Waals surface area contributed by atoms with E-state index >= 15 is 0 Å². The number of carbonyl (C=O) groups excluding carboxylic acids is 1. The molecule has 4 nitrogen and oxygen atoms in total. The number of ether oxygens (including phenoxy) is 1. The molecule has 0 radical (unpaired) electrons. The molecule has 0 amide bonds. The van der Waals surface area contributed by atoms with Gasteiger partial charge in [-0.1, -0.05) is 6.92 Å². The lowest BCUT2D eigenvalue weighted by Gasteiger charge is -2.29. The van der Waals surface area contributed by atoms with Crippen LogP contribution in [0, 0.1) is 0 Å². The molecule has 0 spiro atoms. The zero-order valence-corrected chi connectivity index (χ0v) is 11.2. The fourth-order valence-corrected chi connectivity index (χ4v) is 2.69. The number of esters is 1. The summed E-state index contributed by atoms with van der Waals surface area (Å²) >= 11 is 0. The van der Waals surface area contributed by atoms with Crippen molar-refractivity contribution in [2.75, 3.05) is 12.0 Å². The van der Waals surface area contributed by atoms with Gasteiger partial charge in [-0.3, -0.25) is 0 Å². The largest absolute Gasteiger partial charge is 0.465 e. The van der Waals surface area contributed by atoms with Crippen molar-refractivity contribution in [3.8, 4) is 0 Å². The Morgan fingerprint density at radius 3 is 3.00 bits per heavy atom. The molecule has 2 atom stereocenters. The Morgan fingerprint density at radius 1 is 1.56 bits per heavy atom. The van der Waals surface area contributed by atoms with E-state index in [2.05, 4.69) is 23.7 Å². The van der Waals surface area contributed by atoms with E-state index in [9.17, 15) is 4.79 Å². The van der Waals surface area contributed by atoms with Gasteiger partial charge in [0.15, 0.2) is 0 Å². The lowest BCUT2D eigenvalue weighted by molar-refractivity contribution is 0.0600. The summed E-state index contributed by atoms with van der Waals surface area (Å²) in [4.78, 5) is 18.3. The Hall–Kier alpha value is -1.58. The Balaban J connectivity index is 2.29. The Kier molecular flexibility index (Phi) is 3.84. The van der Waals surface area contributed by atoms with E-state index in [0.717, 1.165) is 12.2 Å². The van der Waals surface area contributed by atoms with Crippen molar-refractivity contribution >= 4 is 11.8 Å². The van der Waals surface area contributed by atoms with Crippen LogP contribution in [0.4, 0.5) is 5.82 Å². The van der Waals surface area contributed by atoms with Crippen LogP contribution in [0.25, 0.3) is 0 Å². The maximum atomic E-state index is 11.5. The molecular weight excluding hydrogens is 228 g/mol. The van der Waals surface area contributed by atoms with Gasteiger partial charge < -0.3 is 9.64 Å². The lowest BCUT2D eigenvalue weighted by Crippen LogP contribution is -2.34. The molecule has 18 heavy (non-hydrogen) atoms. The minimum absolute atomic E-state index is 0.307. The Labute approximate surface area is 108 Å². The number of aromatic nitrogens is 1. The minimum Gasteiger partial charge on any atom is -0.465 e. The standard InChI is InChI=1S/C14H20N2O2/c1-4-12-6-5-10(2)16(12)13-9-11(7-8-15-13)14(17)18-3/h7-10,12H,4-6H2,1-3H3. The number of hydrogen-bond acceptors (Lipinski definition) is 4. The molecule has 4 heteroatoms. The van der Waals surface area contributed by atoms with Gasteiger partial charge in [-0.25, -0.2) is 9.78 Å². The first-order chi connectivity index (χ1) is 8.67. The molecule has 0 aromatic carbocycles. The van der Waals surface area contributed by atoms with Gasteiger partial charge in [0.2, 0.25) is 0 Å². The first kappa shape index (κ1) is 12.9. The molecule has 1 saturated heterocycles. The average Bonchev–Trinajstić information content (AvgIpc) is 2.79. The second-order valence-corrected chi connectivity index (χ2v) is 4.79. The van der Waals surface area contributed by atoms with Crippen LogP contribution < -0.4 is 4.90 Å². The van der Waals surface area contributed by atoms with Crippen LogP contribution in [0.3, 0.4) is 0 Å². The second kappa shape index (κ2) is 5.38. The van der Waals surface area contributed by atoms with Gasteiger partial charge in [0.25, 0.3) is 0 Å². The molecule has 0 N–H and O–H groups in total. The van der Waals surface area contributed by atoms with E-state index in [-0.39, 0.29) is 5.97 Å². The highest BCUT2D eigenvalue weighted by atomic mass is 16.5. The molecule has 0 bridgehead atoms. The maximum absolute atomic E-state index is 11.5. The molecule has 98 valence electrons. The van der Waals surface area contributed by atoms with E-state index in [0.29, 0.717) is 17.6 Å². The van der Waals surface area contributed by atoms with Gasteiger partial charge in [-0.15, -0.1) is 0 Å². The number of methoxy groups -OCH3 is 1. The third-order valence-corrected chi connectivity index (χ3v) is 3.69. The number of pyridine rings is 1. The number of anilines is 1. The first-order valence-corrected chi connectivity index (χ1v) is 6.50. The van der Waals surface area contributed by atoms with E-state index in [1.807, 2.05) is 6.07 Å². The fraction of sp³-hybridized carbons (Fsp3) is 0.571. The van der Waals surface area contributed by atoms with Gasteiger partial charge in [0, 0.05) is 18.3 Å². The highest BCUT2D eigenvalue weighted by Crippen LogP contribution is 2.30. The van der Waals surface area contributed by atoms with Gasteiger partial charge in [-0.05, 0) is 38.3 Å². The molecule has 1 aliphatic heterocycles. The van der Waals surface area contributed by atoms with Crippen molar-refractivity contribution < 1.29 is 9.53 Å². The smallest absolute Gasteiger partial charge is 0.338 e. The monoisotopic (exact) mass is 248 g/mol. The zero-order valence-electron chi connectivity index (χ0n) is 11.2. The predicted octanol–water partition coefficient (Wildman–Crippen LogP) is 2.64. The third-order valence-electron chi connectivity index (χ3n) is 3.69. The molecule has 1 aromatic rings. The van der Waals surface area contributed by atoms with Crippen molar-refractivity contribution in [1.82, 2.24) is 4.98 Å². The predicted molar refractivity (Wildman–Crippen MR) is 70.8 cm³/mol. The second-order valence-electron chi connectivity index (χ2n) is 4.79. The summed E-state index contributed by atoms with van der Waals surface area (Å²) in [5.74, 6) is 0.577. The quantitative estimate of drug-likeness (QED) is 0.771. The van der Waals surface area contributed by atoms with Crippen LogP contribution in [-0.2, 0) is 4.74 Å². The molecule has 1 aromatic heterocycles. The highest BCUT2D eigenvalue weighted by Gasteiger charge is 2.30. The lowest BCUT2D eigenvalue weighted by atomic mass is 10.1. The summed E-state index contributed by atoms with van der Waals surface area (Å²) in [7, 11) is 1.40. The molecule has 0 saturated carbocycles. The van der Waals surface area contributed by atoms with Crippen LogP contribution in [0.1, 0.15) is 43.5 Å². The number of nitrogens with zero attached hydrogens (tertiary/aromatic N) is 2. The van der Waals surface area contributed by atoms with Crippen molar-refractivity contribution in [2.45, 2.75) is 45.2 Å². The molecule has 1 fully saturated rings. The van der Waals surface area contributed by atoms with Crippen molar-refractivity contribution in [2.24, 2.45) is 0 Å². The number of rotatable bonds is 3. The van der Waals surface area contributed by atoms with Crippen LogP contribution in [0.5, 0.6) is 0 Å². The Morgan fingerprint density at radius 2 is 2.33 bits per heavy atom. The molecule has 1 aliphatic rings. The van der Waals surface area contributed by atoms with Crippen molar-refractivity contribution in [3.05, 3.63) is 23.9 Å². The first-order valence-electron chi connectivity index (χ1n) is 6.50. The van der Waals surface area contributed by atoms with Gasteiger partial charge in [-0.2, -0.15) is 0 Å². The maximum Gasteiger partial charge on any atom is 0.338 e. The van der Waals surface area contributed by atoms with Gasteiger partial charge in [0.1, 0.15) is 5.82 Å². The molecule has 2 unspecified atom stereocenters. The van der Waals surface area contributed by atoms with Crippen LogP contribution >= 0.6 is 0 Å². The normalized spacial score (nSPS) is 23.2. The number of hydrogen-bond donors (Lipinski definition) is 0. The van der Waals surface area contributed by atoms with E-state index in [1.54, 1.807) is 12.3 Å². The third kappa shape index (κ3) is 2.33. The summed E-state index contributed by atoms with van der Waals surface area (Å²) in [6, 6.07) is 4.53. The average molecular weight is 248 g/mol. The Bertz CT molecular complexity index is 434. The SMILES string of the molecule is CCC1CCC(C)N1c1cc(C(=O)OC)ccn1. The summed E-state index contributed by atoms with van der Waals surface area (Å²) < 4.78 is 4.75. The van der Waals surface area contributed by atoms with Crippen molar-refractivity contribution in [3.63, 3.8) is 0 Å². The molecular formula is C14H20N2O2. The van der Waals surface area contributed by atoms with Gasteiger partial charge >= 0.3 is 5.97 Å². The van der Waals surface area contributed by atoms with Crippen LogP contribution in [0.15, 0.2) is 18.3 Å². The van der Waals surface area contributed by atoms with Gasteiger partial charge in [0.05, 0.1) is 12.7 Å².